The average Bonchev–Trinajstić information content (AvgIpc) is 3.20. The topological polar surface area (TPSA) is 33.1 Å². The van der Waals surface area contributed by atoms with Crippen molar-refractivity contribution in [2.24, 2.45) is 5.92 Å². The maximum absolute atomic E-state index is 10.4. The average molecular weight is 239 g/mol. The van der Waals surface area contributed by atoms with Gasteiger partial charge in [-0.05, 0) is 36.8 Å². The fourth-order valence-electron chi connectivity index (χ4n) is 2.69. The predicted molar refractivity (Wildman–Crippen MR) is 71.2 cm³/mol. The van der Waals surface area contributed by atoms with Gasteiger partial charge in [0.2, 0.25) is 0 Å². The van der Waals surface area contributed by atoms with Crippen molar-refractivity contribution in [2.45, 2.75) is 25.4 Å². The van der Waals surface area contributed by atoms with Crippen molar-refractivity contribution in [1.29, 1.82) is 0 Å². The molecule has 1 aromatic carbocycles. The Hall–Kier alpha value is -1.67. The van der Waals surface area contributed by atoms with Gasteiger partial charge in [0.1, 0.15) is 0 Å². The van der Waals surface area contributed by atoms with Crippen molar-refractivity contribution in [2.75, 3.05) is 0 Å². The fraction of sp³-hybridized carbons (Fsp3) is 0.312. The van der Waals surface area contributed by atoms with Crippen LogP contribution in [-0.4, -0.2) is 10.1 Å². The second kappa shape index (κ2) is 4.54. The van der Waals surface area contributed by atoms with Gasteiger partial charge in [0.05, 0.1) is 6.10 Å². The lowest BCUT2D eigenvalue weighted by Gasteiger charge is -2.12. The van der Waals surface area contributed by atoms with Crippen LogP contribution in [0.2, 0.25) is 0 Å². The molecule has 3 atom stereocenters. The first kappa shape index (κ1) is 11.4. The van der Waals surface area contributed by atoms with Crippen molar-refractivity contribution in [3.63, 3.8) is 0 Å². The number of pyridine rings is 1. The van der Waals surface area contributed by atoms with Gasteiger partial charge in [-0.15, -0.1) is 0 Å². The Labute approximate surface area is 107 Å². The zero-order valence-electron chi connectivity index (χ0n) is 10.5. The number of benzene rings is 1. The van der Waals surface area contributed by atoms with E-state index in [4.69, 9.17) is 0 Å². The summed E-state index contributed by atoms with van der Waals surface area (Å²) >= 11 is 0. The van der Waals surface area contributed by atoms with Crippen molar-refractivity contribution in [1.82, 2.24) is 4.98 Å². The minimum Gasteiger partial charge on any atom is -0.388 e. The van der Waals surface area contributed by atoms with Crippen molar-refractivity contribution in [3.05, 3.63) is 65.5 Å². The number of aryl methyl sites for hydroxylation is 1. The van der Waals surface area contributed by atoms with Crippen LogP contribution in [0.3, 0.4) is 0 Å². The van der Waals surface area contributed by atoms with Crippen LogP contribution < -0.4 is 0 Å². The number of aliphatic hydroxyl groups is 1. The van der Waals surface area contributed by atoms with Crippen molar-refractivity contribution < 1.29 is 5.11 Å². The first-order valence-corrected chi connectivity index (χ1v) is 6.42. The Kier molecular flexibility index (Phi) is 2.88. The molecule has 0 radical (unpaired) electrons. The molecule has 0 spiro atoms. The molecular weight excluding hydrogens is 222 g/mol. The molecule has 92 valence electrons. The molecule has 1 aromatic heterocycles. The van der Waals surface area contributed by atoms with Crippen LogP contribution in [0.5, 0.6) is 0 Å². The van der Waals surface area contributed by atoms with E-state index in [9.17, 15) is 5.11 Å². The summed E-state index contributed by atoms with van der Waals surface area (Å²) in [6.07, 6.45) is 2.45. The first-order chi connectivity index (χ1) is 8.77. The van der Waals surface area contributed by atoms with E-state index in [1.54, 1.807) is 6.20 Å². The highest BCUT2D eigenvalue weighted by molar-refractivity contribution is 5.30. The van der Waals surface area contributed by atoms with Crippen LogP contribution in [0, 0.1) is 12.8 Å². The molecule has 3 rings (SSSR count). The summed E-state index contributed by atoms with van der Waals surface area (Å²) in [5, 5.41) is 10.4. The molecule has 2 heteroatoms. The predicted octanol–water partition coefficient (Wildman–Crippen LogP) is 3.23. The third kappa shape index (κ3) is 2.04. The second-order valence-electron chi connectivity index (χ2n) is 5.04. The standard InChI is InChI=1S/C16H17NO/c1-11-13(8-5-9-17-11)16(18)15-10-14(15)12-6-3-2-4-7-12/h2-9,14-16,18H,10H2,1H3. The lowest BCUT2D eigenvalue weighted by Crippen LogP contribution is -2.04. The minimum absolute atomic E-state index is 0.343. The van der Waals surface area contributed by atoms with E-state index in [0.29, 0.717) is 11.8 Å². The summed E-state index contributed by atoms with van der Waals surface area (Å²) in [4.78, 5) is 4.25. The number of nitrogens with zero attached hydrogens (tertiary/aromatic N) is 1. The fourth-order valence-corrected chi connectivity index (χ4v) is 2.69. The van der Waals surface area contributed by atoms with E-state index in [1.165, 1.54) is 5.56 Å². The molecule has 1 aliphatic rings. The summed E-state index contributed by atoms with van der Waals surface area (Å²) in [7, 11) is 0. The molecule has 1 heterocycles. The lowest BCUT2D eigenvalue weighted by molar-refractivity contribution is 0.150. The number of hydrogen-bond acceptors (Lipinski definition) is 2. The van der Waals surface area contributed by atoms with Crippen LogP contribution in [0.25, 0.3) is 0 Å². The van der Waals surface area contributed by atoms with Gasteiger partial charge >= 0.3 is 0 Å². The summed E-state index contributed by atoms with van der Waals surface area (Å²) in [6, 6.07) is 14.3. The molecule has 0 aliphatic heterocycles. The van der Waals surface area contributed by atoms with E-state index in [2.05, 4.69) is 29.2 Å². The van der Waals surface area contributed by atoms with Crippen molar-refractivity contribution in [3.8, 4) is 0 Å². The number of hydrogen-bond donors (Lipinski definition) is 1. The van der Waals surface area contributed by atoms with Gasteiger partial charge < -0.3 is 5.11 Å². The normalized spacial score (nSPS) is 23.7. The Morgan fingerprint density at radius 2 is 1.94 bits per heavy atom. The summed E-state index contributed by atoms with van der Waals surface area (Å²) in [5.74, 6) is 0.844. The van der Waals surface area contributed by atoms with Crippen LogP contribution >= 0.6 is 0 Å². The summed E-state index contributed by atoms with van der Waals surface area (Å²) < 4.78 is 0. The van der Waals surface area contributed by atoms with Gasteiger partial charge in [0.25, 0.3) is 0 Å². The van der Waals surface area contributed by atoms with Crippen LogP contribution in [0.4, 0.5) is 0 Å². The molecule has 1 N–H and O–H groups in total. The number of rotatable bonds is 3. The molecule has 3 unspecified atom stereocenters. The largest absolute Gasteiger partial charge is 0.388 e. The maximum Gasteiger partial charge on any atom is 0.0841 e. The summed E-state index contributed by atoms with van der Waals surface area (Å²) in [5.41, 5.74) is 3.24. The zero-order valence-corrected chi connectivity index (χ0v) is 10.5. The number of aliphatic hydroxyl groups excluding tert-OH is 1. The van der Waals surface area contributed by atoms with Gasteiger partial charge in [0.15, 0.2) is 0 Å². The SMILES string of the molecule is Cc1ncccc1C(O)C1CC1c1ccccc1. The Morgan fingerprint density at radius 1 is 1.17 bits per heavy atom. The maximum atomic E-state index is 10.4. The van der Waals surface area contributed by atoms with E-state index >= 15 is 0 Å². The van der Waals surface area contributed by atoms with Gasteiger partial charge in [-0.2, -0.15) is 0 Å². The quantitative estimate of drug-likeness (QED) is 0.892. The van der Waals surface area contributed by atoms with Gasteiger partial charge in [-0.3, -0.25) is 4.98 Å². The first-order valence-electron chi connectivity index (χ1n) is 6.42. The molecule has 2 aromatic rings. The van der Waals surface area contributed by atoms with E-state index in [1.807, 2.05) is 25.1 Å². The molecule has 1 aliphatic carbocycles. The Balaban J connectivity index is 1.77. The molecular formula is C16H17NO. The van der Waals surface area contributed by atoms with E-state index in [0.717, 1.165) is 17.7 Å². The highest BCUT2D eigenvalue weighted by Crippen LogP contribution is 2.54. The zero-order chi connectivity index (χ0) is 12.5. The van der Waals surface area contributed by atoms with Gasteiger partial charge in [-0.25, -0.2) is 0 Å². The molecule has 2 nitrogen and oxygen atoms in total. The number of aromatic nitrogens is 1. The smallest absolute Gasteiger partial charge is 0.0841 e. The molecule has 18 heavy (non-hydrogen) atoms. The van der Waals surface area contributed by atoms with E-state index in [-0.39, 0.29) is 6.10 Å². The highest BCUT2D eigenvalue weighted by Gasteiger charge is 2.44. The molecule has 0 amide bonds. The van der Waals surface area contributed by atoms with Crippen LogP contribution in [-0.2, 0) is 0 Å². The molecule has 0 saturated heterocycles. The third-order valence-corrected chi connectivity index (χ3v) is 3.84. The molecule has 1 fully saturated rings. The Bertz CT molecular complexity index is 538. The molecule has 0 bridgehead atoms. The van der Waals surface area contributed by atoms with Crippen molar-refractivity contribution >= 4 is 0 Å². The molecule has 1 saturated carbocycles. The minimum atomic E-state index is -0.385. The van der Waals surface area contributed by atoms with Gasteiger partial charge in [0, 0.05) is 17.5 Å². The third-order valence-electron chi connectivity index (χ3n) is 3.84. The van der Waals surface area contributed by atoms with Crippen LogP contribution in [0.1, 0.15) is 35.3 Å². The second-order valence-corrected chi connectivity index (χ2v) is 5.04. The lowest BCUT2D eigenvalue weighted by atomic mass is 10.0. The highest BCUT2D eigenvalue weighted by atomic mass is 16.3. The Morgan fingerprint density at radius 3 is 2.67 bits per heavy atom. The monoisotopic (exact) mass is 239 g/mol. The van der Waals surface area contributed by atoms with Gasteiger partial charge in [-0.1, -0.05) is 36.4 Å². The van der Waals surface area contributed by atoms with Crippen LogP contribution in [0.15, 0.2) is 48.7 Å². The van der Waals surface area contributed by atoms with E-state index < -0.39 is 0 Å². The summed E-state index contributed by atoms with van der Waals surface area (Å²) in [6.45, 7) is 1.96.